The van der Waals surface area contributed by atoms with Gasteiger partial charge in [0, 0.05) is 12.6 Å². The first-order chi connectivity index (χ1) is 14.5. The number of piperidine rings is 1. The molecule has 1 atom stereocenters. The highest BCUT2D eigenvalue weighted by Gasteiger charge is 2.54. The lowest BCUT2D eigenvalue weighted by molar-refractivity contribution is -0.134. The van der Waals surface area contributed by atoms with E-state index in [0.29, 0.717) is 0 Å². The van der Waals surface area contributed by atoms with Gasteiger partial charge < -0.3 is 5.32 Å². The molecule has 3 aliphatic rings. The van der Waals surface area contributed by atoms with Crippen LogP contribution in [0.5, 0.6) is 0 Å². The molecular weight excluding hydrogens is 374 g/mol. The molecule has 2 aliphatic heterocycles. The summed E-state index contributed by atoms with van der Waals surface area (Å²) in [6.45, 7) is 4.78. The summed E-state index contributed by atoms with van der Waals surface area (Å²) in [6.07, 6.45) is 3.38. The van der Waals surface area contributed by atoms with Gasteiger partial charge in [-0.25, -0.2) is 4.79 Å². The number of benzene rings is 2. The highest BCUT2D eigenvalue weighted by molar-refractivity contribution is 6.07. The lowest BCUT2D eigenvalue weighted by Gasteiger charge is -2.39. The Kier molecular flexibility index (Phi) is 4.86. The molecule has 2 aromatic rings. The van der Waals surface area contributed by atoms with Gasteiger partial charge in [-0.2, -0.15) is 0 Å². The molecule has 5 heteroatoms. The average Bonchev–Trinajstić information content (AvgIpc) is 3.27. The summed E-state index contributed by atoms with van der Waals surface area (Å²) in [5, 5.41) is 3.09. The monoisotopic (exact) mass is 403 g/mol. The molecule has 30 heavy (non-hydrogen) atoms. The predicted octanol–water partition coefficient (Wildman–Crippen LogP) is 3.38. The van der Waals surface area contributed by atoms with E-state index >= 15 is 0 Å². The standard InChI is InChI=1S/C25H29N3O2/c1-25(21-11-13-27(14-12-21)17-18-7-3-2-4-8-18)23(29)28(24(30)26-25)22-15-19-9-5-6-10-20(19)16-22/h2-10,21-22H,11-17H2,1H3,(H,26,30). The zero-order valence-electron chi connectivity index (χ0n) is 17.5. The van der Waals surface area contributed by atoms with Crippen LogP contribution in [0.15, 0.2) is 54.6 Å². The summed E-state index contributed by atoms with van der Waals surface area (Å²) in [7, 11) is 0. The van der Waals surface area contributed by atoms with Gasteiger partial charge >= 0.3 is 6.03 Å². The molecule has 0 spiro atoms. The minimum absolute atomic E-state index is 0.0354. The number of carbonyl (C=O) groups is 2. The van der Waals surface area contributed by atoms with E-state index in [0.717, 1.165) is 45.3 Å². The lowest BCUT2D eigenvalue weighted by atomic mass is 9.78. The number of likely N-dealkylation sites (tertiary alicyclic amines) is 1. The fourth-order valence-electron chi connectivity index (χ4n) is 5.51. The van der Waals surface area contributed by atoms with Crippen LogP contribution in [0.1, 0.15) is 36.5 Å². The van der Waals surface area contributed by atoms with Crippen LogP contribution >= 0.6 is 0 Å². The number of nitrogens with zero attached hydrogens (tertiary/aromatic N) is 2. The molecule has 1 aliphatic carbocycles. The van der Waals surface area contributed by atoms with E-state index in [1.54, 1.807) is 0 Å². The smallest absolute Gasteiger partial charge is 0.323 e. The third-order valence-corrected chi connectivity index (χ3v) is 7.30. The van der Waals surface area contributed by atoms with Crippen LogP contribution in [-0.4, -0.2) is 46.4 Å². The van der Waals surface area contributed by atoms with E-state index in [-0.39, 0.29) is 23.9 Å². The Morgan fingerprint density at radius 1 is 0.933 bits per heavy atom. The number of urea groups is 1. The summed E-state index contributed by atoms with van der Waals surface area (Å²) < 4.78 is 0. The Hall–Kier alpha value is -2.66. The second-order valence-corrected chi connectivity index (χ2v) is 9.17. The number of fused-ring (bicyclic) bond motifs is 1. The van der Waals surface area contributed by atoms with E-state index in [1.807, 2.05) is 25.1 Å². The molecule has 156 valence electrons. The Morgan fingerprint density at radius 3 is 2.17 bits per heavy atom. The van der Waals surface area contributed by atoms with Gasteiger partial charge in [0.15, 0.2) is 0 Å². The second-order valence-electron chi connectivity index (χ2n) is 9.17. The molecule has 1 N–H and O–H groups in total. The van der Waals surface area contributed by atoms with Gasteiger partial charge in [-0.3, -0.25) is 14.6 Å². The van der Waals surface area contributed by atoms with Crippen molar-refractivity contribution in [3.63, 3.8) is 0 Å². The third kappa shape index (κ3) is 3.31. The molecule has 0 saturated carbocycles. The Labute approximate surface area is 178 Å². The summed E-state index contributed by atoms with van der Waals surface area (Å²) in [6, 6.07) is 18.5. The topological polar surface area (TPSA) is 52.7 Å². The van der Waals surface area contributed by atoms with Gasteiger partial charge in [0.1, 0.15) is 5.54 Å². The van der Waals surface area contributed by atoms with Crippen LogP contribution in [0.4, 0.5) is 4.79 Å². The van der Waals surface area contributed by atoms with Crippen molar-refractivity contribution in [2.24, 2.45) is 5.92 Å². The predicted molar refractivity (Wildman–Crippen MR) is 116 cm³/mol. The quantitative estimate of drug-likeness (QED) is 0.797. The Morgan fingerprint density at radius 2 is 1.53 bits per heavy atom. The maximum atomic E-state index is 13.5. The molecule has 0 bridgehead atoms. The second kappa shape index (κ2) is 7.55. The number of amides is 3. The highest BCUT2D eigenvalue weighted by Crippen LogP contribution is 2.36. The molecule has 2 fully saturated rings. The van der Waals surface area contributed by atoms with Crippen LogP contribution in [-0.2, 0) is 24.2 Å². The molecule has 2 heterocycles. The highest BCUT2D eigenvalue weighted by atomic mass is 16.2. The van der Waals surface area contributed by atoms with Crippen molar-refractivity contribution in [2.45, 2.75) is 50.7 Å². The number of carbonyl (C=O) groups excluding carboxylic acids is 2. The molecule has 0 radical (unpaired) electrons. The van der Waals surface area contributed by atoms with Gasteiger partial charge in [-0.05, 0) is 68.3 Å². The molecule has 3 amide bonds. The van der Waals surface area contributed by atoms with E-state index < -0.39 is 5.54 Å². The zero-order chi connectivity index (χ0) is 20.7. The van der Waals surface area contributed by atoms with Crippen molar-refractivity contribution in [2.75, 3.05) is 13.1 Å². The number of hydrogen-bond acceptors (Lipinski definition) is 3. The minimum Gasteiger partial charge on any atom is -0.323 e. The van der Waals surface area contributed by atoms with Crippen LogP contribution in [0.25, 0.3) is 0 Å². The molecule has 5 nitrogen and oxygen atoms in total. The first-order valence-corrected chi connectivity index (χ1v) is 11.0. The third-order valence-electron chi connectivity index (χ3n) is 7.30. The van der Waals surface area contributed by atoms with Crippen molar-refractivity contribution >= 4 is 11.9 Å². The number of nitrogens with one attached hydrogen (secondary N) is 1. The SMILES string of the molecule is CC1(C2CCN(Cc3ccccc3)CC2)NC(=O)N(C2Cc3ccccc3C2)C1=O. The van der Waals surface area contributed by atoms with Crippen LogP contribution in [0.3, 0.4) is 0 Å². The first-order valence-electron chi connectivity index (χ1n) is 11.0. The molecular formula is C25H29N3O2. The number of rotatable bonds is 4. The van der Waals surface area contributed by atoms with E-state index in [9.17, 15) is 9.59 Å². The van der Waals surface area contributed by atoms with Gasteiger partial charge in [-0.15, -0.1) is 0 Å². The summed E-state index contributed by atoms with van der Waals surface area (Å²) in [5.41, 5.74) is 3.04. The molecule has 1 unspecified atom stereocenters. The summed E-state index contributed by atoms with van der Waals surface area (Å²) in [4.78, 5) is 30.3. The molecule has 2 saturated heterocycles. The van der Waals surface area contributed by atoms with E-state index in [4.69, 9.17) is 0 Å². The maximum absolute atomic E-state index is 13.5. The Bertz CT molecular complexity index is 927. The largest absolute Gasteiger partial charge is 0.325 e. The number of hydrogen-bond donors (Lipinski definition) is 1. The van der Waals surface area contributed by atoms with Crippen molar-refractivity contribution in [1.29, 1.82) is 0 Å². The van der Waals surface area contributed by atoms with Crippen molar-refractivity contribution < 1.29 is 9.59 Å². The first kappa shape index (κ1) is 19.3. The van der Waals surface area contributed by atoms with Gasteiger partial charge in [0.25, 0.3) is 5.91 Å². The Balaban J connectivity index is 1.25. The normalized spacial score (nSPS) is 25.6. The zero-order valence-corrected chi connectivity index (χ0v) is 17.5. The van der Waals surface area contributed by atoms with Gasteiger partial charge in [-0.1, -0.05) is 54.6 Å². The summed E-state index contributed by atoms with van der Waals surface area (Å²) >= 11 is 0. The van der Waals surface area contributed by atoms with Crippen molar-refractivity contribution in [3.05, 3.63) is 71.3 Å². The maximum Gasteiger partial charge on any atom is 0.325 e. The van der Waals surface area contributed by atoms with Crippen molar-refractivity contribution in [3.8, 4) is 0 Å². The van der Waals surface area contributed by atoms with E-state index in [2.05, 4.69) is 46.6 Å². The minimum atomic E-state index is -0.787. The molecule has 5 rings (SSSR count). The van der Waals surface area contributed by atoms with Gasteiger partial charge in [0.05, 0.1) is 0 Å². The fourth-order valence-corrected chi connectivity index (χ4v) is 5.51. The summed E-state index contributed by atoms with van der Waals surface area (Å²) in [5.74, 6) is 0.140. The van der Waals surface area contributed by atoms with Crippen LogP contribution < -0.4 is 5.32 Å². The molecule has 0 aromatic heterocycles. The van der Waals surface area contributed by atoms with Crippen LogP contribution in [0.2, 0.25) is 0 Å². The van der Waals surface area contributed by atoms with E-state index in [1.165, 1.54) is 21.6 Å². The van der Waals surface area contributed by atoms with Gasteiger partial charge in [0.2, 0.25) is 0 Å². The average molecular weight is 404 g/mol. The molecule has 2 aromatic carbocycles. The van der Waals surface area contributed by atoms with Crippen LogP contribution in [0, 0.1) is 5.92 Å². The number of imide groups is 1. The van der Waals surface area contributed by atoms with Crippen molar-refractivity contribution in [1.82, 2.24) is 15.1 Å². The fraction of sp³-hybridized carbons (Fsp3) is 0.440. The lowest BCUT2D eigenvalue weighted by Crippen LogP contribution is -2.54.